The van der Waals surface area contributed by atoms with Crippen LogP contribution in [0.1, 0.15) is 16.1 Å². The van der Waals surface area contributed by atoms with E-state index in [2.05, 4.69) is 15.3 Å². The summed E-state index contributed by atoms with van der Waals surface area (Å²) in [6.07, 6.45) is 2.10. The Morgan fingerprint density at radius 3 is 3.00 bits per heavy atom. The average molecular weight is 183 g/mol. The van der Waals surface area contributed by atoms with Crippen LogP contribution in [-0.4, -0.2) is 29.5 Å². The van der Waals surface area contributed by atoms with E-state index in [0.29, 0.717) is 23.5 Å². The number of anilines is 1. The molecule has 1 aromatic rings. The fourth-order valence-electron chi connectivity index (χ4n) is 0.836. The number of hydrogen-bond acceptors (Lipinski definition) is 4. The van der Waals surface area contributed by atoms with Gasteiger partial charge in [0.15, 0.2) is 6.29 Å². The van der Waals surface area contributed by atoms with Crippen molar-refractivity contribution in [3.8, 4) is 0 Å². The molecule has 0 atom stereocenters. The maximum Gasteiger partial charge on any atom is 0.222 e. The van der Waals surface area contributed by atoms with Crippen LogP contribution in [0.5, 0.6) is 0 Å². The Hall–Kier alpha value is -1.52. The number of carbonyl (C=O) groups excluding carboxylic acids is 1. The largest absolute Gasteiger partial charge is 0.352 e. The highest BCUT2D eigenvalue weighted by molar-refractivity contribution is 5.75. The van der Waals surface area contributed by atoms with Crippen LogP contribution in [0.4, 0.5) is 10.3 Å². The molecule has 0 saturated carbocycles. The number of aromatic nitrogens is 2. The van der Waals surface area contributed by atoms with Crippen LogP contribution in [0.2, 0.25) is 0 Å². The Balaban J connectivity index is 2.77. The first-order valence-electron chi connectivity index (χ1n) is 3.86. The molecule has 0 aliphatic carbocycles. The summed E-state index contributed by atoms with van der Waals surface area (Å²) in [6, 6.07) is 0. The summed E-state index contributed by atoms with van der Waals surface area (Å²) >= 11 is 0. The standard InChI is InChI=1S/C8H10FN3O/c1-6-7(5-13)4-11-8(12-6)10-3-2-9/h4-5H,2-3H2,1H3,(H,10,11,12). The Kier molecular flexibility index (Phi) is 3.31. The van der Waals surface area contributed by atoms with Crippen molar-refractivity contribution >= 4 is 12.2 Å². The maximum absolute atomic E-state index is 11.8. The van der Waals surface area contributed by atoms with Gasteiger partial charge in [-0.05, 0) is 6.92 Å². The number of aryl methyl sites for hydroxylation is 1. The van der Waals surface area contributed by atoms with Gasteiger partial charge in [-0.25, -0.2) is 14.4 Å². The van der Waals surface area contributed by atoms with Crippen LogP contribution in [0.15, 0.2) is 6.20 Å². The van der Waals surface area contributed by atoms with E-state index in [1.54, 1.807) is 6.92 Å². The summed E-state index contributed by atoms with van der Waals surface area (Å²) < 4.78 is 11.8. The predicted molar refractivity (Wildman–Crippen MR) is 46.6 cm³/mol. The van der Waals surface area contributed by atoms with Crippen LogP contribution in [-0.2, 0) is 0 Å². The van der Waals surface area contributed by atoms with E-state index < -0.39 is 6.67 Å². The van der Waals surface area contributed by atoms with Crippen molar-refractivity contribution in [3.63, 3.8) is 0 Å². The molecule has 1 rings (SSSR count). The number of carbonyl (C=O) groups is 1. The zero-order chi connectivity index (χ0) is 9.68. The van der Waals surface area contributed by atoms with Crippen molar-refractivity contribution in [3.05, 3.63) is 17.5 Å². The molecule has 0 aromatic carbocycles. The number of aldehydes is 1. The molecule has 0 saturated heterocycles. The average Bonchev–Trinajstić information content (AvgIpc) is 2.15. The van der Waals surface area contributed by atoms with Crippen LogP contribution >= 0.6 is 0 Å². The van der Waals surface area contributed by atoms with Gasteiger partial charge < -0.3 is 5.32 Å². The van der Waals surface area contributed by atoms with Gasteiger partial charge in [-0.2, -0.15) is 0 Å². The predicted octanol–water partition coefficient (Wildman–Crippen LogP) is 0.979. The molecule has 1 N–H and O–H groups in total. The summed E-state index contributed by atoms with van der Waals surface area (Å²) in [5.41, 5.74) is 1.04. The first-order valence-corrected chi connectivity index (χ1v) is 3.86. The summed E-state index contributed by atoms with van der Waals surface area (Å²) in [7, 11) is 0. The zero-order valence-corrected chi connectivity index (χ0v) is 7.25. The molecule has 70 valence electrons. The molecule has 0 spiro atoms. The molecule has 0 aliphatic rings. The van der Waals surface area contributed by atoms with Gasteiger partial charge in [-0.3, -0.25) is 4.79 Å². The minimum Gasteiger partial charge on any atom is -0.352 e. The highest BCUT2D eigenvalue weighted by Gasteiger charge is 2.00. The minimum atomic E-state index is -0.474. The van der Waals surface area contributed by atoms with Crippen molar-refractivity contribution in [2.75, 3.05) is 18.5 Å². The topological polar surface area (TPSA) is 54.9 Å². The molecule has 13 heavy (non-hydrogen) atoms. The van der Waals surface area contributed by atoms with Gasteiger partial charge in [0, 0.05) is 12.7 Å². The highest BCUT2D eigenvalue weighted by Crippen LogP contribution is 2.03. The number of hydrogen-bond donors (Lipinski definition) is 1. The van der Waals surface area contributed by atoms with E-state index in [0.717, 1.165) is 0 Å². The third kappa shape index (κ3) is 2.47. The Morgan fingerprint density at radius 1 is 1.69 bits per heavy atom. The molecular formula is C8H10FN3O. The molecule has 5 heteroatoms. The normalized spacial score (nSPS) is 9.69. The number of nitrogens with zero attached hydrogens (tertiary/aromatic N) is 2. The Morgan fingerprint density at radius 2 is 2.46 bits per heavy atom. The van der Waals surface area contributed by atoms with E-state index in [1.165, 1.54) is 6.20 Å². The molecular weight excluding hydrogens is 173 g/mol. The maximum atomic E-state index is 11.8. The van der Waals surface area contributed by atoms with Gasteiger partial charge in [0.1, 0.15) is 6.67 Å². The van der Waals surface area contributed by atoms with Crippen molar-refractivity contribution in [1.29, 1.82) is 0 Å². The molecule has 1 aromatic heterocycles. The monoisotopic (exact) mass is 183 g/mol. The first kappa shape index (κ1) is 9.57. The molecule has 0 radical (unpaired) electrons. The van der Waals surface area contributed by atoms with Gasteiger partial charge in [0.25, 0.3) is 0 Å². The van der Waals surface area contributed by atoms with Crippen LogP contribution in [0, 0.1) is 6.92 Å². The van der Waals surface area contributed by atoms with Crippen molar-refractivity contribution in [2.24, 2.45) is 0 Å². The quantitative estimate of drug-likeness (QED) is 0.707. The van der Waals surface area contributed by atoms with Gasteiger partial charge in [0.05, 0.1) is 11.3 Å². The van der Waals surface area contributed by atoms with Crippen molar-refractivity contribution in [2.45, 2.75) is 6.92 Å². The number of nitrogens with one attached hydrogen (secondary N) is 1. The number of alkyl halides is 1. The minimum absolute atomic E-state index is 0.180. The van der Waals surface area contributed by atoms with Gasteiger partial charge >= 0.3 is 0 Å². The van der Waals surface area contributed by atoms with E-state index in [4.69, 9.17) is 0 Å². The lowest BCUT2D eigenvalue weighted by Crippen LogP contribution is -2.08. The molecule has 4 nitrogen and oxygen atoms in total. The molecule has 0 fully saturated rings. The highest BCUT2D eigenvalue weighted by atomic mass is 19.1. The SMILES string of the molecule is Cc1nc(NCCF)ncc1C=O. The lowest BCUT2D eigenvalue weighted by atomic mass is 10.3. The van der Waals surface area contributed by atoms with Crippen molar-refractivity contribution < 1.29 is 9.18 Å². The van der Waals surface area contributed by atoms with Crippen LogP contribution in [0.3, 0.4) is 0 Å². The Bertz CT molecular complexity index is 303. The summed E-state index contributed by atoms with van der Waals surface area (Å²) in [4.78, 5) is 18.2. The zero-order valence-electron chi connectivity index (χ0n) is 7.25. The lowest BCUT2D eigenvalue weighted by molar-refractivity contribution is 0.112. The molecule has 0 aliphatic heterocycles. The summed E-state index contributed by atoms with van der Waals surface area (Å²) in [6.45, 7) is 1.41. The van der Waals surface area contributed by atoms with Gasteiger partial charge in [0.2, 0.25) is 5.95 Å². The van der Waals surface area contributed by atoms with E-state index in [1.807, 2.05) is 0 Å². The first-order chi connectivity index (χ1) is 6.27. The van der Waals surface area contributed by atoms with Gasteiger partial charge in [-0.1, -0.05) is 0 Å². The fraction of sp³-hybridized carbons (Fsp3) is 0.375. The van der Waals surface area contributed by atoms with E-state index in [9.17, 15) is 9.18 Å². The molecule has 0 unspecified atom stereocenters. The summed E-state index contributed by atoms with van der Waals surface area (Å²) in [5.74, 6) is 0.348. The summed E-state index contributed by atoms with van der Waals surface area (Å²) in [5, 5.41) is 2.67. The number of rotatable bonds is 4. The van der Waals surface area contributed by atoms with Crippen LogP contribution in [0.25, 0.3) is 0 Å². The second-order valence-electron chi connectivity index (χ2n) is 2.47. The molecule has 1 heterocycles. The number of halogens is 1. The third-order valence-corrected chi connectivity index (χ3v) is 1.52. The second kappa shape index (κ2) is 4.49. The molecule has 0 amide bonds. The smallest absolute Gasteiger partial charge is 0.222 e. The fourth-order valence-corrected chi connectivity index (χ4v) is 0.836. The van der Waals surface area contributed by atoms with Gasteiger partial charge in [-0.15, -0.1) is 0 Å². The Labute approximate surface area is 75.2 Å². The third-order valence-electron chi connectivity index (χ3n) is 1.52. The lowest BCUT2D eigenvalue weighted by Gasteiger charge is -2.03. The molecule has 0 bridgehead atoms. The van der Waals surface area contributed by atoms with Crippen molar-refractivity contribution in [1.82, 2.24) is 9.97 Å². The van der Waals surface area contributed by atoms with Crippen LogP contribution < -0.4 is 5.32 Å². The van der Waals surface area contributed by atoms with E-state index in [-0.39, 0.29) is 6.54 Å². The second-order valence-corrected chi connectivity index (χ2v) is 2.47. The van der Waals surface area contributed by atoms with E-state index >= 15 is 0 Å².